The van der Waals surface area contributed by atoms with Crippen molar-refractivity contribution in [1.29, 1.82) is 0 Å². The van der Waals surface area contributed by atoms with Crippen LogP contribution in [0.3, 0.4) is 0 Å². The van der Waals surface area contributed by atoms with E-state index in [-0.39, 0.29) is 121 Å². The quantitative estimate of drug-likeness (QED) is 0.0106. The molecule has 16 aromatic rings. The number of nitrogens with two attached hydrogens (primary N) is 4. The van der Waals surface area contributed by atoms with Crippen molar-refractivity contribution >= 4 is 174 Å². The fraction of sp³-hybridized carbons (Fsp3) is 0.245. The number of unbranched alkanes of at least 4 members (excludes halogenated alkanes) is 4. The molecule has 8 aromatic carbocycles. The summed E-state index contributed by atoms with van der Waals surface area (Å²) in [6.45, 7) is 13.9. The summed E-state index contributed by atoms with van der Waals surface area (Å²) in [6, 6.07) is 42.1. The molecule has 0 atom stereocenters. The Morgan fingerprint density at radius 1 is 0.297 bits per heavy atom. The minimum atomic E-state index is -4.90. The predicted octanol–water partition coefficient (Wildman–Crippen LogP) is 14.3. The maximum atomic E-state index is 12.1. The van der Waals surface area contributed by atoms with Crippen LogP contribution in [0.15, 0.2) is 194 Å². The van der Waals surface area contributed by atoms with Gasteiger partial charge in [-0.2, -0.15) is 0 Å². The summed E-state index contributed by atoms with van der Waals surface area (Å²) in [5, 5.41) is 44.4. The lowest BCUT2D eigenvalue weighted by molar-refractivity contribution is -0.139. The number of anilines is 4. The lowest BCUT2D eigenvalue weighted by atomic mass is 10.1. The first kappa shape index (κ1) is 103. The molecule has 16 N–H and O–H groups in total. The Morgan fingerprint density at radius 2 is 0.568 bits per heavy atom. The van der Waals surface area contributed by atoms with Gasteiger partial charge in [0.05, 0.1) is 83.4 Å². The second-order valence-electron chi connectivity index (χ2n) is 36.4. The smallest absolute Gasteiger partial charge is 0.508 e. The van der Waals surface area contributed by atoms with Gasteiger partial charge in [-0.15, -0.1) is 0 Å². The van der Waals surface area contributed by atoms with Crippen LogP contribution in [0.2, 0.25) is 0 Å². The number of amides is 8. The molecule has 148 heavy (non-hydrogen) atoms. The molecule has 42 heteroatoms. The van der Waals surface area contributed by atoms with Gasteiger partial charge in [0.1, 0.15) is 56.9 Å². The third-order valence-corrected chi connectivity index (χ3v) is 26.7. The minimum Gasteiger partial charge on any atom is -0.508 e. The summed E-state index contributed by atoms with van der Waals surface area (Å²) >= 11 is 0. The molecule has 0 bridgehead atoms. The number of fused-ring (bicyclic) bond motifs is 12. The Hall–Kier alpha value is -16.9. The highest BCUT2D eigenvalue weighted by Crippen LogP contribution is 2.46. The summed E-state index contributed by atoms with van der Waals surface area (Å²) in [4.78, 5) is 176. The van der Waals surface area contributed by atoms with Crippen LogP contribution in [0.5, 0.6) is 34.5 Å². The molecule has 8 aromatic heterocycles. The van der Waals surface area contributed by atoms with Crippen LogP contribution in [0.25, 0.3) is 87.7 Å². The number of phenolic OH excluding ortho intramolecular Hbond substituents is 4. The first-order valence-corrected chi connectivity index (χ1v) is 51.0. The summed E-state index contributed by atoms with van der Waals surface area (Å²) in [7, 11) is -9.58. The maximum absolute atomic E-state index is 12.1. The molecule has 0 aliphatic carbocycles. The number of nitrogens with zero attached hydrogens (tertiary/aromatic N) is 16. The van der Waals surface area contributed by atoms with Gasteiger partial charge in [-0.1, -0.05) is 126 Å². The standard InChI is InChI=1S/C27H28N5O6P.C27H27N5O3.C26H26N5O7P.C26H25N5O4/c1-3-4-5-22-30-25-26(31(22)14-17-7-9-21(16(2)12-17)38-39(35,36)37)19-13-18(6-8-20(19)29-27(25)28)15-32-23(33)10-11-24(32)34;1-3-4-5-22-30-25-26(31(22)14-17-7-9-21(33)16(2)12-17)19-13-18(6-8-20(19)29-27(25)28)15-32-23(34)10-11-24(32)35;1-2-3-7-20-29-23-24(30(20)14-16-5-4-6-19(25(16)34)38-39(35,36)37)17-12-15(8-9-18(17)28-26(23)27)13-31-21(32)10-11-22(31)33;1-2-3-7-20-29-23-24(30(20)14-16-5-4-6-19(32)25(16)35)17-12-15(8-9-18(17)28-26(23)27)13-31-21(33)10-11-22(31)34/h6-13H,3-5,14-15H2,1-2H3,(H2,28,29)(H2,35,36,37);6-13,33H,3-5,14-15H2,1-2H3,(H2,28,29);4-6,8-12,34H,2-3,7,13-14H2,1H3,(H2,27,28)(H2,35,36,37);4-6,8-12,32,35H,2-3,7,13-14H2,1H3,(H2,27,28). The highest BCUT2D eigenvalue weighted by Gasteiger charge is 2.33. The summed E-state index contributed by atoms with van der Waals surface area (Å²) in [5.74, 6) is 0.879. The number of imidazole rings is 4. The van der Waals surface area contributed by atoms with Gasteiger partial charge in [0, 0.05) is 120 Å². The summed E-state index contributed by atoms with van der Waals surface area (Å²) in [6.07, 6.45) is 20.5. The Morgan fingerprint density at radius 3 is 0.865 bits per heavy atom. The molecular formula is C106H106N20O20P2. The van der Waals surface area contributed by atoms with Crippen molar-refractivity contribution in [3.8, 4) is 34.5 Å². The third kappa shape index (κ3) is 21.9. The van der Waals surface area contributed by atoms with E-state index in [2.05, 4.69) is 61.3 Å². The van der Waals surface area contributed by atoms with Crippen LogP contribution in [-0.4, -0.2) is 165 Å². The number of para-hydroxylation sites is 2. The molecule has 4 aliphatic rings. The molecule has 0 spiro atoms. The number of phosphoric ester groups is 2. The van der Waals surface area contributed by atoms with E-state index < -0.39 is 21.4 Å². The van der Waals surface area contributed by atoms with Gasteiger partial charge in [-0.05, 0) is 157 Å². The normalized spacial score (nSPS) is 13.7. The number of carbonyl (C=O) groups excluding carboxylic acids is 8. The number of pyridine rings is 4. The summed E-state index contributed by atoms with van der Waals surface area (Å²) in [5.41, 5.74) is 40.4. The van der Waals surface area contributed by atoms with Crippen molar-refractivity contribution in [2.45, 2.75) is 171 Å². The van der Waals surface area contributed by atoms with Crippen LogP contribution in [0.1, 0.15) is 158 Å². The van der Waals surface area contributed by atoms with Crippen molar-refractivity contribution in [3.05, 3.63) is 273 Å². The number of phosphoric acid groups is 2. The number of imide groups is 4. The largest absolute Gasteiger partial charge is 0.524 e. The van der Waals surface area contributed by atoms with Crippen molar-refractivity contribution < 1.29 is 96.5 Å². The number of aromatic nitrogens is 12. The van der Waals surface area contributed by atoms with E-state index in [1.54, 1.807) is 55.5 Å². The number of hydrogen-bond donors (Lipinski definition) is 12. The van der Waals surface area contributed by atoms with E-state index in [0.717, 1.165) is 152 Å². The first-order valence-electron chi connectivity index (χ1n) is 47.9. The van der Waals surface area contributed by atoms with Crippen LogP contribution >= 0.6 is 15.6 Å². The molecule has 40 nitrogen and oxygen atoms in total. The molecule has 4 aliphatic heterocycles. The second kappa shape index (κ2) is 42.8. The van der Waals surface area contributed by atoms with E-state index in [9.17, 15) is 87.5 Å². The number of phenols is 4. The Labute approximate surface area is 845 Å². The second-order valence-corrected chi connectivity index (χ2v) is 38.7. The Kier molecular flexibility index (Phi) is 29.7. The molecule has 0 fully saturated rings. The lowest BCUT2D eigenvalue weighted by Crippen LogP contribution is -2.29. The molecule has 0 saturated heterocycles. The number of aryl methyl sites for hydroxylation is 6. The zero-order valence-corrected chi connectivity index (χ0v) is 83.2. The van der Waals surface area contributed by atoms with Gasteiger partial charge in [0.2, 0.25) is 0 Å². The third-order valence-electron chi connectivity index (χ3n) is 25.8. The number of nitrogen functional groups attached to an aromatic ring is 4. The van der Waals surface area contributed by atoms with Crippen molar-refractivity contribution in [1.82, 2.24) is 77.7 Å². The molecule has 760 valence electrons. The average Bonchev–Trinajstić information content (AvgIpc) is 1.59. The Bertz CT molecular complexity index is 8310. The fourth-order valence-electron chi connectivity index (χ4n) is 18.4. The van der Waals surface area contributed by atoms with Crippen molar-refractivity contribution in [3.63, 3.8) is 0 Å². The van der Waals surface area contributed by atoms with Gasteiger partial charge >= 0.3 is 15.6 Å². The number of rotatable bonds is 32. The van der Waals surface area contributed by atoms with Gasteiger partial charge in [0.15, 0.2) is 46.3 Å². The lowest BCUT2D eigenvalue weighted by Gasteiger charge is -2.16. The van der Waals surface area contributed by atoms with Gasteiger partial charge in [-0.25, -0.2) is 49.0 Å². The molecule has 0 unspecified atom stereocenters. The van der Waals surface area contributed by atoms with E-state index in [1.165, 1.54) is 81.5 Å². The van der Waals surface area contributed by atoms with Crippen molar-refractivity contribution in [2.75, 3.05) is 22.9 Å². The molecule has 20 rings (SSSR count). The highest BCUT2D eigenvalue weighted by atomic mass is 31.2. The highest BCUT2D eigenvalue weighted by molar-refractivity contribution is 7.47. The molecule has 0 saturated carbocycles. The molecule has 0 radical (unpaired) electrons. The molecule has 8 amide bonds. The first-order chi connectivity index (χ1) is 70.8. The van der Waals surface area contributed by atoms with Crippen LogP contribution in [0.4, 0.5) is 23.3 Å². The zero-order chi connectivity index (χ0) is 105. The topological polar surface area (TPSA) is 591 Å². The SMILES string of the molecule is CCCCc1nc2c(N)nc3ccc(CN4C(=O)C=CC4=O)cc3c2n1Cc1ccc(O)c(C)c1.CCCCc1nc2c(N)nc3ccc(CN4C(=O)C=CC4=O)cc3c2n1Cc1ccc(OP(=O)(O)O)c(C)c1.CCCCc1nc2c(N)nc3ccc(CN4C(=O)C=CC4=O)cc3c2n1Cc1cccc(O)c1O.CCCCc1nc2c(N)nc3ccc(CN4C(=O)C=CC4=O)cc3c2n1Cc1cccc(OP(=O)(O)O)c1O. The van der Waals surface area contributed by atoms with Gasteiger partial charge in [0.25, 0.3) is 47.3 Å². The Balaban J connectivity index is 0.000000135. The van der Waals surface area contributed by atoms with Gasteiger partial charge < -0.3 is 70.7 Å². The monoisotopic (exact) mass is 2040 g/mol. The number of benzene rings is 8. The van der Waals surface area contributed by atoms with Crippen molar-refractivity contribution in [2.24, 2.45) is 0 Å². The van der Waals surface area contributed by atoms with Gasteiger partial charge in [-0.3, -0.25) is 77.5 Å². The van der Waals surface area contributed by atoms with Crippen LogP contribution < -0.4 is 32.0 Å². The van der Waals surface area contributed by atoms with Crippen LogP contribution in [0, 0.1) is 13.8 Å². The zero-order valence-electron chi connectivity index (χ0n) is 81.5. The van der Waals surface area contributed by atoms with E-state index >= 15 is 0 Å². The predicted molar refractivity (Wildman–Crippen MR) is 555 cm³/mol. The number of carbonyl (C=O) groups is 8. The molecular weight excluding hydrogens is 1940 g/mol. The van der Waals surface area contributed by atoms with E-state index in [0.29, 0.717) is 127 Å². The number of hydrogen-bond acceptors (Lipinski definition) is 28. The molecule has 12 heterocycles. The summed E-state index contributed by atoms with van der Waals surface area (Å²) < 4.78 is 40.3. The van der Waals surface area contributed by atoms with E-state index in [4.69, 9.17) is 47.4 Å². The van der Waals surface area contributed by atoms with Crippen LogP contribution in [-0.2, 0) is 126 Å². The average molecular weight is 2040 g/mol. The van der Waals surface area contributed by atoms with E-state index in [1.807, 2.05) is 94.9 Å². The number of aromatic hydroxyl groups is 4. The minimum absolute atomic E-state index is 0.0753. The maximum Gasteiger partial charge on any atom is 0.524 e. The fourth-order valence-corrected chi connectivity index (χ4v) is 19.3.